The molecule has 4 aromatic heterocycles. The molecule has 44 heavy (non-hydrogen) atoms. The Kier molecular flexibility index (Phi) is 8.42. The number of carboxylic acid groups (broad SMARTS) is 1. The smallest absolute Gasteiger partial charge is 0.475 e. The van der Waals surface area contributed by atoms with Crippen LogP contribution in [-0.4, -0.2) is 47.2 Å². The van der Waals surface area contributed by atoms with Crippen molar-refractivity contribution in [2.24, 2.45) is 0 Å². The molecule has 0 radical (unpaired) electrons. The average Bonchev–Trinajstić information content (AvgIpc) is 3.67. The zero-order valence-corrected chi connectivity index (χ0v) is 23.0. The zero-order valence-electron chi connectivity index (χ0n) is 23.0. The van der Waals surface area contributed by atoms with Crippen LogP contribution in [0.2, 0.25) is 0 Å². The van der Waals surface area contributed by atoms with Crippen molar-refractivity contribution in [3.63, 3.8) is 0 Å². The molecule has 0 aliphatic heterocycles. The monoisotopic (exact) mass is 605 g/mol. The van der Waals surface area contributed by atoms with Crippen LogP contribution in [0.25, 0.3) is 27.8 Å². The second-order valence-electron chi connectivity index (χ2n) is 9.99. The van der Waals surface area contributed by atoms with E-state index in [0.717, 1.165) is 35.0 Å². The Hall–Kier alpha value is -5.53. The van der Waals surface area contributed by atoms with Crippen molar-refractivity contribution in [2.75, 3.05) is 11.1 Å². The van der Waals surface area contributed by atoms with Crippen LogP contribution < -0.4 is 16.6 Å². The summed E-state index contributed by atoms with van der Waals surface area (Å²) in [5.74, 6) is -2.79. The number of aliphatic carboxylic acids is 1. The van der Waals surface area contributed by atoms with Crippen LogP contribution in [0.1, 0.15) is 42.1 Å². The lowest BCUT2D eigenvalue weighted by Crippen LogP contribution is -2.27. The van der Waals surface area contributed by atoms with E-state index in [0.29, 0.717) is 23.2 Å². The Balaban J connectivity index is 0.000000493. The number of hydrogen-bond acceptors (Lipinski definition) is 7. The number of hydrogen-bond donors (Lipinski definition) is 3. The molecule has 0 saturated heterocycles. The van der Waals surface area contributed by atoms with Gasteiger partial charge in [0.15, 0.2) is 0 Å². The minimum absolute atomic E-state index is 0.0417. The second-order valence-corrected chi connectivity index (χ2v) is 9.99. The van der Waals surface area contributed by atoms with Gasteiger partial charge in [0.25, 0.3) is 11.5 Å². The number of carboxylic acids is 1. The van der Waals surface area contributed by atoms with Gasteiger partial charge >= 0.3 is 12.1 Å². The number of fused-ring (bicyclic) bond motifs is 1. The first kappa shape index (κ1) is 29.9. The Morgan fingerprint density at radius 3 is 2.36 bits per heavy atom. The van der Waals surface area contributed by atoms with Crippen LogP contribution in [0.3, 0.4) is 0 Å². The van der Waals surface area contributed by atoms with Crippen molar-refractivity contribution < 1.29 is 27.9 Å². The molecule has 11 nitrogen and oxygen atoms in total. The molecule has 1 saturated carbocycles. The van der Waals surface area contributed by atoms with Crippen LogP contribution >= 0.6 is 0 Å². The van der Waals surface area contributed by atoms with Crippen molar-refractivity contribution in [3.8, 4) is 16.8 Å². The van der Waals surface area contributed by atoms with Gasteiger partial charge < -0.3 is 20.7 Å². The number of alkyl halides is 3. The highest BCUT2D eigenvalue weighted by atomic mass is 19.4. The first-order valence-electron chi connectivity index (χ1n) is 13.5. The largest absolute Gasteiger partial charge is 0.490 e. The molecule has 1 aromatic carbocycles. The van der Waals surface area contributed by atoms with Crippen LogP contribution in [0, 0.1) is 0 Å². The molecule has 4 N–H and O–H groups in total. The summed E-state index contributed by atoms with van der Waals surface area (Å²) in [4.78, 5) is 47.6. The van der Waals surface area contributed by atoms with Crippen molar-refractivity contribution in [2.45, 2.75) is 37.9 Å². The molecular formula is C30H26F3N7O4. The van der Waals surface area contributed by atoms with E-state index in [1.165, 1.54) is 29.8 Å². The molecule has 4 heterocycles. The molecule has 6 rings (SSSR count). The maximum Gasteiger partial charge on any atom is 0.490 e. The van der Waals surface area contributed by atoms with E-state index in [2.05, 4.69) is 31.0 Å². The molecule has 0 spiro atoms. The first-order valence-corrected chi connectivity index (χ1v) is 13.5. The number of nitrogens with one attached hydrogen (secondary N) is 1. The van der Waals surface area contributed by atoms with Crippen LogP contribution in [0.15, 0.2) is 84.4 Å². The number of amides is 1. The third-order valence-electron chi connectivity index (χ3n) is 7.17. The SMILES string of the molecule is Nc1ncnc2c1c(-c1ccc(NC(=O)c3cccn(-c4cccnc4)c3=O)cc1)cn2C1CCCC1.O=C(O)C(F)(F)F. The van der Waals surface area contributed by atoms with Crippen molar-refractivity contribution >= 4 is 34.4 Å². The van der Waals surface area contributed by atoms with Crippen molar-refractivity contribution in [3.05, 3.63) is 95.6 Å². The summed E-state index contributed by atoms with van der Waals surface area (Å²) in [6.45, 7) is 0. The predicted octanol–water partition coefficient (Wildman–Crippen LogP) is 5.23. The van der Waals surface area contributed by atoms with E-state index in [9.17, 15) is 22.8 Å². The highest BCUT2D eigenvalue weighted by Crippen LogP contribution is 2.38. The van der Waals surface area contributed by atoms with E-state index >= 15 is 0 Å². The van der Waals surface area contributed by atoms with E-state index in [4.69, 9.17) is 15.6 Å². The minimum atomic E-state index is -5.08. The summed E-state index contributed by atoms with van der Waals surface area (Å²) in [6, 6.07) is 14.6. The van der Waals surface area contributed by atoms with E-state index < -0.39 is 23.6 Å². The van der Waals surface area contributed by atoms with Gasteiger partial charge in [-0.1, -0.05) is 25.0 Å². The van der Waals surface area contributed by atoms with E-state index in [1.807, 2.05) is 24.3 Å². The number of carbonyl (C=O) groups is 2. The Labute approximate surface area is 247 Å². The minimum Gasteiger partial charge on any atom is -0.475 e. The number of nitrogen functional groups attached to an aromatic ring is 1. The molecule has 0 unspecified atom stereocenters. The number of halogens is 3. The second kappa shape index (κ2) is 12.4. The number of carbonyl (C=O) groups excluding carboxylic acids is 1. The third kappa shape index (κ3) is 6.28. The number of aromatic nitrogens is 5. The van der Waals surface area contributed by atoms with Crippen molar-refractivity contribution in [1.82, 2.24) is 24.1 Å². The first-order chi connectivity index (χ1) is 21.0. The molecular weight excluding hydrogens is 579 g/mol. The summed E-state index contributed by atoms with van der Waals surface area (Å²) in [6.07, 6.45) is 8.03. The Morgan fingerprint density at radius 2 is 1.73 bits per heavy atom. The van der Waals surface area contributed by atoms with Gasteiger partial charge in [-0.3, -0.25) is 19.1 Å². The van der Waals surface area contributed by atoms with Gasteiger partial charge in [-0.05, 0) is 54.8 Å². The maximum absolute atomic E-state index is 13.0. The van der Waals surface area contributed by atoms with Gasteiger partial charge in [0.1, 0.15) is 23.4 Å². The number of benzene rings is 1. The van der Waals surface area contributed by atoms with Crippen molar-refractivity contribution in [1.29, 1.82) is 0 Å². The zero-order chi connectivity index (χ0) is 31.4. The van der Waals surface area contributed by atoms with Gasteiger partial charge in [-0.15, -0.1) is 0 Å². The fourth-order valence-corrected chi connectivity index (χ4v) is 5.09. The molecule has 1 aliphatic carbocycles. The fourth-order valence-electron chi connectivity index (χ4n) is 5.09. The Bertz CT molecular complexity index is 1860. The molecule has 226 valence electrons. The Morgan fingerprint density at radius 1 is 1.02 bits per heavy atom. The molecule has 1 amide bonds. The fraction of sp³-hybridized carbons (Fsp3) is 0.200. The van der Waals surface area contributed by atoms with Crippen LogP contribution in [0.5, 0.6) is 0 Å². The highest BCUT2D eigenvalue weighted by molar-refractivity contribution is 6.04. The van der Waals surface area contributed by atoms with Gasteiger partial charge in [0, 0.05) is 35.9 Å². The predicted molar refractivity (Wildman–Crippen MR) is 156 cm³/mol. The quantitative estimate of drug-likeness (QED) is 0.246. The number of anilines is 2. The summed E-state index contributed by atoms with van der Waals surface area (Å²) < 4.78 is 35.4. The molecule has 14 heteroatoms. The van der Waals surface area contributed by atoms with Gasteiger partial charge in [0.2, 0.25) is 0 Å². The van der Waals surface area contributed by atoms with Gasteiger partial charge in [-0.2, -0.15) is 13.2 Å². The standard InChI is InChI=1S/C28H25N7O2.C2HF3O2/c29-25-24-23(16-35(20-5-1-2-6-20)26(24)32-17-31-25)18-9-11-19(12-10-18)33-27(36)22-8-4-14-34(28(22)37)21-7-3-13-30-15-21;3-2(4,5)1(6)7/h3-4,7-17,20H,1-2,5-6H2,(H,33,36)(H2,29,31,32);(H,6,7). The molecule has 5 aromatic rings. The topological polar surface area (TPSA) is 158 Å². The molecule has 0 atom stereocenters. The number of nitrogens with zero attached hydrogens (tertiary/aromatic N) is 5. The molecule has 0 bridgehead atoms. The lowest BCUT2D eigenvalue weighted by molar-refractivity contribution is -0.192. The normalized spacial score (nSPS) is 13.3. The van der Waals surface area contributed by atoms with Crippen LogP contribution in [0.4, 0.5) is 24.7 Å². The number of nitrogens with two attached hydrogens (primary N) is 1. The maximum atomic E-state index is 13.0. The number of rotatable bonds is 5. The van der Waals surface area contributed by atoms with Crippen LogP contribution in [-0.2, 0) is 4.79 Å². The summed E-state index contributed by atoms with van der Waals surface area (Å²) in [7, 11) is 0. The average molecular weight is 606 g/mol. The highest BCUT2D eigenvalue weighted by Gasteiger charge is 2.38. The third-order valence-corrected chi connectivity index (χ3v) is 7.17. The van der Waals surface area contributed by atoms with Gasteiger partial charge in [-0.25, -0.2) is 14.8 Å². The van der Waals surface area contributed by atoms with E-state index in [1.54, 1.807) is 36.8 Å². The summed E-state index contributed by atoms with van der Waals surface area (Å²) in [5, 5.41) is 10.8. The molecule has 1 fully saturated rings. The lowest BCUT2D eigenvalue weighted by atomic mass is 10.1. The summed E-state index contributed by atoms with van der Waals surface area (Å²) in [5.41, 5.74) is 9.82. The molecule has 1 aliphatic rings. The van der Waals surface area contributed by atoms with E-state index in [-0.39, 0.29) is 5.56 Å². The van der Waals surface area contributed by atoms with Gasteiger partial charge in [0.05, 0.1) is 17.3 Å². The summed E-state index contributed by atoms with van der Waals surface area (Å²) >= 11 is 0. The number of pyridine rings is 2. The lowest BCUT2D eigenvalue weighted by Gasteiger charge is -2.12.